The molecule has 0 saturated heterocycles. The van der Waals surface area contributed by atoms with E-state index in [-0.39, 0.29) is 5.75 Å². The van der Waals surface area contributed by atoms with Crippen molar-refractivity contribution in [3.8, 4) is 28.4 Å². The first kappa shape index (κ1) is 10.6. The van der Waals surface area contributed by atoms with Crippen LogP contribution in [0.1, 0.15) is 0 Å². The van der Waals surface area contributed by atoms with Gasteiger partial charge in [-0.05, 0) is 12.1 Å². The molecular formula is C15H12N2O. The number of imidazole rings is 1. The second kappa shape index (κ2) is 4.37. The van der Waals surface area contributed by atoms with Crippen LogP contribution in [-0.2, 0) is 0 Å². The van der Waals surface area contributed by atoms with Crippen molar-refractivity contribution in [2.45, 2.75) is 0 Å². The standard InChI is InChI=1S/C15H12N2O/c18-14-9-5-4-8-12(14)13-10-16-15(17-13)11-6-2-1-3-7-11/h1-10,18H,(H,16,17). The van der Waals surface area contributed by atoms with Gasteiger partial charge in [-0.15, -0.1) is 0 Å². The first-order valence-electron chi connectivity index (χ1n) is 5.73. The first-order valence-corrected chi connectivity index (χ1v) is 5.73. The number of rotatable bonds is 2. The zero-order valence-corrected chi connectivity index (χ0v) is 9.67. The molecular weight excluding hydrogens is 224 g/mol. The molecule has 0 radical (unpaired) electrons. The summed E-state index contributed by atoms with van der Waals surface area (Å²) in [5, 5.41) is 9.80. The van der Waals surface area contributed by atoms with Crippen molar-refractivity contribution in [3.05, 3.63) is 60.8 Å². The van der Waals surface area contributed by atoms with E-state index >= 15 is 0 Å². The van der Waals surface area contributed by atoms with Crippen molar-refractivity contribution in [1.29, 1.82) is 0 Å². The summed E-state index contributed by atoms with van der Waals surface area (Å²) in [4.78, 5) is 7.55. The number of phenols is 1. The van der Waals surface area contributed by atoms with E-state index in [0.717, 1.165) is 22.6 Å². The molecule has 0 amide bonds. The lowest BCUT2D eigenvalue weighted by molar-refractivity contribution is 0.477. The fourth-order valence-electron chi connectivity index (χ4n) is 1.90. The number of aromatic nitrogens is 2. The van der Waals surface area contributed by atoms with Crippen LogP contribution in [0.4, 0.5) is 0 Å². The summed E-state index contributed by atoms with van der Waals surface area (Å²) < 4.78 is 0. The minimum Gasteiger partial charge on any atom is -0.507 e. The summed E-state index contributed by atoms with van der Waals surface area (Å²) in [6.45, 7) is 0. The molecule has 0 aliphatic carbocycles. The second-order valence-electron chi connectivity index (χ2n) is 4.03. The van der Waals surface area contributed by atoms with Gasteiger partial charge in [0.15, 0.2) is 0 Å². The van der Waals surface area contributed by atoms with Gasteiger partial charge in [-0.1, -0.05) is 42.5 Å². The number of aromatic hydroxyl groups is 1. The summed E-state index contributed by atoms with van der Waals surface area (Å²) in [6, 6.07) is 17.1. The molecule has 0 spiro atoms. The number of hydrogen-bond acceptors (Lipinski definition) is 2. The van der Waals surface area contributed by atoms with E-state index in [1.807, 2.05) is 42.5 Å². The number of nitrogens with zero attached hydrogens (tertiary/aromatic N) is 1. The Labute approximate surface area is 105 Å². The summed E-state index contributed by atoms with van der Waals surface area (Å²) in [6.07, 6.45) is 1.73. The molecule has 0 saturated carbocycles. The van der Waals surface area contributed by atoms with Crippen molar-refractivity contribution in [3.63, 3.8) is 0 Å². The number of aromatic amines is 1. The van der Waals surface area contributed by atoms with Gasteiger partial charge in [0, 0.05) is 11.1 Å². The predicted octanol–water partition coefficient (Wildman–Crippen LogP) is 3.45. The van der Waals surface area contributed by atoms with E-state index in [9.17, 15) is 5.11 Å². The maximum atomic E-state index is 9.80. The molecule has 3 aromatic rings. The van der Waals surface area contributed by atoms with Gasteiger partial charge in [0.25, 0.3) is 0 Å². The Morgan fingerprint density at radius 1 is 0.889 bits per heavy atom. The highest BCUT2D eigenvalue weighted by molar-refractivity contribution is 5.69. The van der Waals surface area contributed by atoms with E-state index in [0.29, 0.717) is 0 Å². The maximum Gasteiger partial charge on any atom is 0.137 e. The van der Waals surface area contributed by atoms with Crippen LogP contribution in [0.5, 0.6) is 5.75 Å². The van der Waals surface area contributed by atoms with Crippen LogP contribution >= 0.6 is 0 Å². The molecule has 0 atom stereocenters. The third-order valence-corrected chi connectivity index (χ3v) is 2.82. The van der Waals surface area contributed by atoms with E-state index in [2.05, 4.69) is 9.97 Å². The lowest BCUT2D eigenvalue weighted by Gasteiger charge is -2.00. The van der Waals surface area contributed by atoms with Crippen LogP contribution < -0.4 is 0 Å². The van der Waals surface area contributed by atoms with Gasteiger partial charge in [0.05, 0.1) is 11.9 Å². The topological polar surface area (TPSA) is 48.9 Å². The first-order chi connectivity index (χ1) is 8.84. The number of nitrogens with one attached hydrogen (secondary N) is 1. The molecule has 3 heteroatoms. The Kier molecular flexibility index (Phi) is 2.57. The van der Waals surface area contributed by atoms with Gasteiger partial charge in [0.2, 0.25) is 0 Å². The lowest BCUT2D eigenvalue weighted by atomic mass is 10.1. The Hall–Kier alpha value is -2.55. The number of H-pyrrole nitrogens is 1. The average Bonchev–Trinajstić information content (AvgIpc) is 2.90. The minimum atomic E-state index is 0.251. The molecule has 18 heavy (non-hydrogen) atoms. The molecule has 1 aromatic heterocycles. The summed E-state index contributed by atoms with van der Waals surface area (Å²) in [7, 11) is 0. The summed E-state index contributed by atoms with van der Waals surface area (Å²) >= 11 is 0. The van der Waals surface area contributed by atoms with Crippen LogP contribution in [0, 0.1) is 0 Å². The monoisotopic (exact) mass is 236 g/mol. The quantitative estimate of drug-likeness (QED) is 0.716. The summed E-state index contributed by atoms with van der Waals surface area (Å²) in [5.41, 5.74) is 2.60. The van der Waals surface area contributed by atoms with Gasteiger partial charge < -0.3 is 10.1 Å². The highest BCUT2D eigenvalue weighted by Gasteiger charge is 2.07. The lowest BCUT2D eigenvalue weighted by Crippen LogP contribution is -1.81. The Balaban J connectivity index is 2.03. The van der Waals surface area contributed by atoms with Crippen molar-refractivity contribution in [1.82, 2.24) is 9.97 Å². The van der Waals surface area contributed by atoms with Crippen LogP contribution in [-0.4, -0.2) is 15.1 Å². The van der Waals surface area contributed by atoms with Crippen molar-refractivity contribution in [2.24, 2.45) is 0 Å². The van der Waals surface area contributed by atoms with E-state index in [1.54, 1.807) is 18.3 Å². The van der Waals surface area contributed by atoms with E-state index in [4.69, 9.17) is 0 Å². The van der Waals surface area contributed by atoms with Gasteiger partial charge in [-0.2, -0.15) is 0 Å². The van der Waals surface area contributed by atoms with E-state index in [1.165, 1.54) is 0 Å². The van der Waals surface area contributed by atoms with Crippen molar-refractivity contribution < 1.29 is 5.11 Å². The van der Waals surface area contributed by atoms with Gasteiger partial charge in [-0.3, -0.25) is 0 Å². The highest BCUT2D eigenvalue weighted by atomic mass is 16.3. The maximum absolute atomic E-state index is 9.80. The molecule has 1 heterocycles. The largest absolute Gasteiger partial charge is 0.507 e. The second-order valence-corrected chi connectivity index (χ2v) is 4.03. The van der Waals surface area contributed by atoms with Gasteiger partial charge >= 0.3 is 0 Å². The Bertz CT molecular complexity index is 659. The van der Waals surface area contributed by atoms with E-state index < -0.39 is 0 Å². The molecule has 88 valence electrons. The average molecular weight is 236 g/mol. The molecule has 3 rings (SSSR count). The van der Waals surface area contributed by atoms with Crippen molar-refractivity contribution in [2.75, 3.05) is 0 Å². The molecule has 3 nitrogen and oxygen atoms in total. The SMILES string of the molecule is Oc1ccccc1-c1cnc(-c2ccccc2)[nH]1. The van der Waals surface area contributed by atoms with Gasteiger partial charge in [-0.25, -0.2) is 4.98 Å². The molecule has 0 aliphatic heterocycles. The number of benzene rings is 2. The molecule has 2 aromatic carbocycles. The van der Waals surface area contributed by atoms with Crippen LogP contribution in [0.2, 0.25) is 0 Å². The third-order valence-electron chi connectivity index (χ3n) is 2.82. The van der Waals surface area contributed by atoms with Crippen LogP contribution in [0.15, 0.2) is 60.8 Å². The summed E-state index contributed by atoms with van der Waals surface area (Å²) in [5.74, 6) is 1.05. The third kappa shape index (κ3) is 1.86. The molecule has 2 N–H and O–H groups in total. The highest BCUT2D eigenvalue weighted by Crippen LogP contribution is 2.28. The molecule has 0 fully saturated rings. The van der Waals surface area contributed by atoms with Crippen LogP contribution in [0.3, 0.4) is 0 Å². The molecule has 0 aliphatic rings. The normalized spacial score (nSPS) is 10.4. The van der Waals surface area contributed by atoms with Crippen molar-refractivity contribution >= 4 is 0 Å². The smallest absolute Gasteiger partial charge is 0.137 e. The number of hydrogen-bond donors (Lipinski definition) is 2. The molecule has 0 bridgehead atoms. The fraction of sp³-hybridized carbons (Fsp3) is 0. The predicted molar refractivity (Wildman–Crippen MR) is 71.1 cm³/mol. The zero-order chi connectivity index (χ0) is 12.4. The molecule has 0 unspecified atom stereocenters. The Morgan fingerprint density at radius 3 is 2.39 bits per heavy atom. The Morgan fingerprint density at radius 2 is 1.61 bits per heavy atom. The number of para-hydroxylation sites is 1. The minimum absolute atomic E-state index is 0.251. The fourth-order valence-corrected chi connectivity index (χ4v) is 1.90. The van der Waals surface area contributed by atoms with Gasteiger partial charge in [0.1, 0.15) is 11.6 Å². The number of phenolic OH excluding ortho intramolecular Hbond substituents is 1. The zero-order valence-electron chi connectivity index (χ0n) is 9.67. The van der Waals surface area contributed by atoms with Crippen LogP contribution in [0.25, 0.3) is 22.6 Å².